The number of esters is 1. The number of aliphatic hydroxyl groups excluding tert-OH is 2. The summed E-state index contributed by atoms with van der Waals surface area (Å²) in [7, 11) is 2.51. The molecular weight excluding hydrogens is 292 g/mol. The summed E-state index contributed by atoms with van der Waals surface area (Å²) in [5.41, 5.74) is 0.891. The lowest BCUT2D eigenvalue weighted by Gasteiger charge is -2.23. The molecule has 0 amide bonds. The lowest BCUT2D eigenvalue weighted by molar-refractivity contribution is -0.180. The monoisotopic (exact) mass is 312 g/mol. The molecule has 5 atom stereocenters. The Kier molecular flexibility index (Phi) is 5.87. The van der Waals surface area contributed by atoms with Crippen LogP contribution in [0.25, 0.3) is 0 Å². The second kappa shape index (κ2) is 7.66. The van der Waals surface area contributed by atoms with Crippen LogP contribution in [0.1, 0.15) is 5.56 Å². The fourth-order valence-corrected chi connectivity index (χ4v) is 2.33. The summed E-state index contributed by atoms with van der Waals surface area (Å²) in [6, 6.07) is 9.32. The van der Waals surface area contributed by atoms with Gasteiger partial charge in [0, 0.05) is 7.11 Å². The maximum absolute atomic E-state index is 11.5. The molecule has 0 bridgehead atoms. The third-order valence-corrected chi connectivity index (χ3v) is 3.50. The van der Waals surface area contributed by atoms with Crippen LogP contribution < -0.4 is 0 Å². The first kappa shape index (κ1) is 16.9. The number of benzene rings is 1. The normalized spacial score (nSPS) is 29.3. The predicted octanol–water partition coefficient (Wildman–Crippen LogP) is -0.162. The van der Waals surface area contributed by atoms with E-state index in [1.807, 2.05) is 30.3 Å². The van der Waals surface area contributed by atoms with Gasteiger partial charge >= 0.3 is 5.97 Å². The van der Waals surface area contributed by atoms with E-state index in [0.717, 1.165) is 12.7 Å². The second-order valence-electron chi connectivity index (χ2n) is 4.92. The first-order valence-corrected chi connectivity index (χ1v) is 6.86. The third-order valence-electron chi connectivity index (χ3n) is 3.50. The zero-order valence-electron chi connectivity index (χ0n) is 12.4. The van der Waals surface area contributed by atoms with E-state index in [9.17, 15) is 15.0 Å². The van der Waals surface area contributed by atoms with Crippen molar-refractivity contribution in [3.63, 3.8) is 0 Å². The Morgan fingerprint density at radius 1 is 1.32 bits per heavy atom. The molecule has 1 aromatic carbocycles. The quantitative estimate of drug-likeness (QED) is 0.705. The van der Waals surface area contributed by atoms with Crippen molar-refractivity contribution >= 4 is 5.97 Å². The lowest BCUT2D eigenvalue weighted by atomic mass is 10.1. The molecule has 1 aromatic rings. The maximum atomic E-state index is 11.5. The van der Waals surface area contributed by atoms with Gasteiger partial charge in [-0.1, -0.05) is 30.3 Å². The van der Waals surface area contributed by atoms with Gasteiger partial charge in [0.05, 0.1) is 13.7 Å². The highest BCUT2D eigenvalue weighted by molar-refractivity contribution is 5.75. The number of carbonyl (C=O) groups is 1. The molecule has 1 fully saturated rings. The van der Waals surface area contributed by atoms with Gasteiger partial charge in [0.25, 0.3) is 0 Å². The van der Waals surface area contributed by atoms with Gasteiger partial charge in [-0.05, 0) is 5.56 Å². The van der Waals surface area contributed by atoms with Crippen LogP contribution in [0.3, 0.4) is 0 Å². The number of hydrogen-bond donors (Lipinski definition) is 2. The van der Waals surface area contributed by atoms with Crippen LogP contribution in [0.15, 0.2) is 30.3 Å². The van der Waals surface area contributed by atoms with Crippen molar-refractivity contribution in [2.75, 3.05) is 14.2 Å². The molecule has 2 rings (SSSR count). The average Bonchev–Trinajstić information content (AvgIpc) is 2.88. The number of ether oxygens (including phenoxy) is 4. The van der Waals surface area contributed by atoms with Crippen molar-refractivity contribution in [2.45, 2.75) is 37.3 Å². The van der Waals surface area contributed by atoms with Crippen molar-refractivity contribution in [3.8, 4) is 0 Å². The van der Waals surface area contributed by atoms with Gasteiger partial charge in [0.2, 0.25) is 0 Å². The molecule has 0 radical (unpaired) electrons. The van der Waals surface area contributed by atoms with Gasteiger partial charge in [-0.3, -0.25) is 0 Å². The summed E-state index contributed by atoms with van der Waals surface area (Å²) in [4.78, 5) is 11.5. The highest BCUT2D eigenvalue weighted by atomic mass is 16.7. The topological polar surface area (TPSA) is 94.5 Å². The lowest BCUT2D eigenvalue weighted by Crippen LogP contribution is -2.44. The van der Waals surface area contributed by atoms with Crippen LogP contribution in [0.4, 0.5) is 0 Å². The van der Waals surface area contributed by atoms with Gasteiger partial charge in [-0.2, -0.15) is 0 Å². The van der Waals surface area contributed by atoms with Crippen molar-refractivity contribution in [2.24, 2.45) is 0 Å². The van der Waals surface area contributed by atoms with Crippen LogP contribution in [0, 0.1) is 0 Å². The minimum Gasteiger partial charge on any atom is -0.467 e. The summed E-state index contributed by atoms with van der Waals surface area (Å²) in [6.07, 6.45) is -5.67. The Balaban J connectivity index is 2.07. The number of hydrogen-bond acceptors (Lipinski definition) is 7. The molecule has 22 heavy (non-hydrogen) atoms. The van der Waals surface area contributed by atoms with Gasteiger partial charge in [-0.15, -0.1) is 0 Å². The van der Waals surface area contributed by atoms with Gasteiger partial charge in [0.1, 0.15) is 18.3 Å². The molecule has 122 valence electrons. The Hall–Kier alpha value is -1.51. The Labute approximate surface area is 128 Å². The Bertz CT molecular complexity index is 478. The summed E-state index contributed by atoms with van der Waals surface area (Å²) in [5.74, 6) is -0.859. The summed E-state index contributed by atoms with van der Waals surface area (Å²) in [6.45, 7) is 0.201. The summed E-state index contributed by atoms with van der Waals surface area (Å²) in [5, 5.41) is 20.1. The molecule has 2 N–H and O–H groups in total. The molecule has 0 unspecified atom stereocenters. The Morgan fingerprint density at radius 2 is 2.00 bits per heavy atom. The second-order valence-corrected chi connectivity index (χ2v) is 4.92. The largest absolute Gasteiger partial charge is 0.467 e. The van der Waals surface area contributed by atoms with E-state index in [-0.39, 0.29) is 6.61 Å². The number of carbonyl (C=O) groups excluding carboxylic acids is 1. The zero-order valence-corrected chi connectivity index (χ0v) is 12.4. The van der Waals surface area contributed by atoms with Crippen molar-refractivity contribution in [1.29, 1.82) is 0 Å². The van der Waals surface area contributed by atoms with E-state index < -0.39 is 36.7 Å². The molecule has 1 aliphatic rings. The van der Waals surface area contributed by atoms with Crippen LogP contribution in [0.2, 0.25) is 0 Å². The van der Waals surface area contributed by atoms with Crippen LogP contribution >= 0.6 is 0 Å². The van der Waals surface area contributed by atoms with Crippen LogP contribution in [-0.2, 0) is 30.3 Å². The van der Waals surface area contributed by atoms with Gasteiger partial charge in [-0.25, -0.2) is 4.79 Å². The van der Waals surface area contributed by atoms with E-state index in [1.165, 1.54) is 7.11 Å². The molecule has 0 aromatic heterocycles. The summed E-state index contributed by atoms with van der Waals surface area (Å²) < 4.78 is 20.5. The molecule has 0 spiro atoms. The smallest absolute Gasteiger partial charge is 0.337 e. The van der Waals surface area contributed by atoms with Crippen molar-refractivity contribution < 1.29 is 34.0 Å². The molecule has 1 aliphatic heterocycles. The minimum atomic E-state index is -1.57. The Morgan fingerprint density at radius 3 is 2.59 bits per heavy atom. The number of rotatable bonds is 6. The first-order valence-electron chi connectivity index (χ1n) is 6.86. The maximum Gasteiger partial charge on any atom is 0.337 e. The third kappa shape index (κ3) is 3.63. The van der Waals surface area contributed by atoms with Crippen molar-refractivity contribution in [1.82, 2.24) is 0 Å². The molecule has 1 saturated heterocycles. The fraction of sp³-hybridized carbons (Fsp3) is 0.533. The van der Waals surface area contributed by atoms with E-state index in [0.29, 0.717) is 0 Å². The van der Waals surface area contributed by atoms with Gasteiger partial charge < -0.3 is 29.2 Å². The van der Waals surface area contributed by atoms with Crippen LogP contribution in [0.5, 0.6) is 0 Å². The molecule has 0 saturated carbocycles. The average molecular weight is 312 g/mol. The van der Waals surface area contributed by atoms with E-state index in [4.69, 9.17) is 14.2 Å². The summed E-state index contributed by atoms with van der Waals surface area (Å²) >= 11 is 0. The SMILES string of the molecule is COC(=O)[C@H](O)[C@H]1O[C@H](OC)[C@H](O)[C@H]1OCc1ccccc1. The molecular formula is C15H20O7. The standard InChI is InChI=1S/C15H20O7/c1-19-14(18)10(16)13-12(11(17)15(20-2)22-13)21-8-9-6-4-3-5-7-9/h3-7,10-13,15-17H,8H2,1-2H3/t10-,11-,12-,13-,15+/m1/s1. The molecule has 7 nitrogen and oxygen atoms in total. The van der Waals surface area contributed by atoms with E-state index >= 15 is 0 Å². The minimum absolute atomic E-state index is 0.201. The number of methoxy groups -OCH3 is 2. The molecule has 1 heterocycles. The highest BCUT2D eigenvalue weighted by Gasteiger charge is 2.50. The first-order chi connectivity index (χ1) is 10.6. The van der Waals surface area contributed by atoms with Crippen LogP contribution in [-0.4, -0.2) is 61.1 Å². The number of aliphatic hydroxyl groups is 2. The van der Waals surface area contributed by atoms with Gasteiger partial charge in [0.15, 0.2) is 12.4 Å². The predicted molar refractivity (Wildman–Crippen MR) is 74.7 cm³/mol. The zero-order chi connectivity index (χ0) is 16.1. The van der Waals surface area contributed by atoms with E-state index in [2.05, 4.69) is 4.74 Å². The molecule has 0 aliphatic carbocycles. The highest BCUT2D eigenvalue weighted by Crippen LogP contribution is 2.28. The van der Waals surface area contributed by atoms with E-state index in [1.54, 1.807) is 0 Å². The van der Waals surface area contributed by atoms with Crippen molar-refractivity contribution in [3.05, 3.63) is 35.9 Å². The fourth-order valence-electron chi connectivity index (χ4n) is 2.33. The molecule has 7 heteroatoms.